The Kier molecular flexibility index (Phi) is 1.98. The zero-order valence-electron chi connectivity index (χ0n) is 6.45. The molecule has 0 saturated carbocycles. The monoisotopic (exact) mass is 212 g/mol. The van der Waals surface area contributed by atoms with E-state index in [1.165, 1.54) is 11.3 Å². The Balaban J connectivity index is 2.90. The Labute approximate surface area is 83.4 Å². The first kappa shape index (κ1) is 8.53. The van der Waals surface area contributed by atoms with Crippen LogP contribution in [0, 0.1) is 0 Å². The summed E-state index contributed by atoms with van der Waals surface area (Å²) in [5.41, 5.74) is 0.440. The highest BCUT2D eigenvalue weighted by Crippen LogP contribution is 2.34. The maximum absolute atomic E-state index is 10.7. The summed E-state index contributed by atoms with van der Waals surface area (Å²) < 4.78 is 0.865. The van der Waals surface area contributed by atoms with E-state index < -0.39 is 0 Å². The summed E-state index contributed by atoms with van der Waals surface area (Å²) in [5, 5.41) is 10.6. The van der Waals surface area contributed by atoms with Crippen LogP contribution in [0.1, 0.15) is 10.4 Å². The van der Waals surface area contributed by atoms with Crippen LogP contribution in [0.15, 0.2) is 18.2 Å². The molecule has 0 spiro atoms. The van der Waals surface area contributed by atoms with Gasteiger partial charge in [-0.05, 0) is 12.1 Å². The molecule has 0 aliphatic rings. The van der Waals surface area contributed by atoms with Gasteiger partial charge in [-0.3, -0.25) is 4.79 Å². The van der Waals surface area contributed by atoms with Gasteiger partial charge in [0.05, 0.1) is 5.02 Å². The van der Waals surface area contributed by atoms with E-state index >= 15 is 0 Å². The molecule has 1 aromatic carbocycles. The maximum atomic E-state index is 10.7. The molecule has 1 aromatic heterocycles. The number of benzene rings is 1. The first-order valence-corrected chi connectivity index (χ1v) is 4.78. The molecule has 0 atom stereocenters. The third-order valence-corrected chi connectivity index (χ3v) is 3.03. The molecular weight excluding hydrogens is 208 g/mol. The smallest absolute Gasteiger partial charge is 0.172 e. The summed E-state index contributed by atoms with van der Waals surface area (Å²) in [7, 11) is 0. The summed E-state index contributed by atoms with van der Waals surface area (Å²) in [6, 6.07) is 4.99. The Hall–Kier alpha value is -1.06. The van der Waals surface area contributed by atoms with Crippen molar-refractivity contribution in [2.24, 2.45) is 0 Å². The lowest BCUT2D eigenvalue weighted by Crippen LogP contribution is -1.81. The van der Waals surface area contributed by atoms with Crippen molar-refractivity contribution in [3.05, 3.63) is 28.8 Å². The maximum Gasteiger partial charge on any atom is 0.172 e. The second kappa shape index (κ2) is 3.01. The fraction of sp³-hybridized carbons (Fsp3) is 0. The Morgan fingerprint density at radius 1 is 1.46 bits per heavy atom. The molecule has 1 heterocycles. The lowest BCUT2D eigenvalue weighted by atomic mass is 10.1. The van der Waals surface area contributed by atoms with Crippen LogP contribution in [-0.4, -0.2) is 11.4 Å². The van der Waals surface area contributed by atoms with Gasteiger partial charge in [0.25, 0.3) is 0 Å². The number of fused-ring (bicyclic) bond motifs is 1. The van der Waals surface area contributed by atoms with E-state index in [4.69, 9.17) is 11.6 Å². The number of carbonyl (C=O) groups is 1. The van der Waals surface area contributed by atoms with Crippen LogP contribution in [0.3, 0.4) is 0 Å². The van der Waals surface area contributed by atoms with Crippen molar-refractivity contribution in [2.75, 3.05) is 0 Å². The molecule has 2 aromatic rings. The Morgan fingerprint density at radius 3 is 2.92 bits per heavy atom. The van der Waals surface area contributed by atoms with Gasteiger partial charge in [0.1, 0.15) is 0 Å². The predicted octanol–water partition coefficient (Wildman–Crippen LogP) is 3.07. The van der Waals surface area contributed by atoms with E-state index in [9.17, 15) is 9.90 Å². The molecule has 0 aliphatic carbocycles. The Bertz CT molecular complexity index is 476. The van der Waals surface area contributed by atoms with Crippen molar-refractivity contribution in [2.45, 2.75) is 0 Å². The summed E-state index contributed by atoms with van der Waals surface area (Å²) in [5.74, 6) is 0. The quantitative estimate of drug-likeness (QED) is 0.738. The van der Waals surface area contributed by atoms with Crippen molar-refractivity contribution in [3.63, 3.8) is 0 Å². The van der Waals surface area contributed by atoms with E-state index in [1.54, 1.807) is 18.2 Å². The van der Waals surface area contributed by atoms with Gasteiger partial charge in [0, 0.05) is 21.7 Å². The molecule has 0 fully saturated rings. The number of thiophene rings is 1. The number of halogens is 1. The fourth-order valence-electron chi connectivity index (χ4n) is 1.21. The molecule has 0 aliphatic heterocycles. The van der Waals surface area contributed by atoms with Gasteiger partial charge in [0.2, 0.25) is 0 Å². The highest BCUT2D eigenvalue weighted by Gasteiger charge is 2.08. The molecule has 1 N–H and O–H groups in total. The molecule has 0 radical (unpaired) electrons. The van der Waals surface area contributed by atoms with Crippen LogP contribution in [0.2, 0.25) is 5.02 Å². The summed E-state index contributed by atoms with van der Waals surface area (Å²) in [6.45, 7) is 0. The first-order valence-electron chi connectivity index (χ1n) is 3.58. The van der Waals surface area contributed by atoms with Crippen molar-refractivity contribution in [1.82, 2.24) is 0 Å². The molecule has 0 saturated heterocycles. The third-order valence-electron chi connectivity index (χ3n) is 1.79. The van der Waals surface area contributed by atoms with E-state index in [-0.39, 0.29) is 5.06 Å². The van der Waals surface area contributed by atoms with Gasteiger partial charge in [-0.25, -0.2) is 0 Å². The van der Waals surface area contributed by atoms with Crippen molar-refractivity contribution < 1.29 is 9.90 Å². The van der Waals surface area contributed by atoms with Gasteiger partial charge < -0.3 is 5.11 Å². The van der Waals surface area contributed by atoms with Gasteiger partial charge in [-0.2, -0.15) is 0 Å². The summed E-state index contributed by atoms with van der Waals surface area (Å²) in [4.78, 5) is 10.7. The van der Waals surface area contributed by atoms with Gasteiger partial charge in [0.15, 0.2) is 11.3 Å². The summed E-state index contributed by atoms with van der Waals surface area (Å²) >= 11 is 7.03. The zero-order valence-corrected chi connectivity index (χ0v) is 8.02. The lowest BCUT2D eigenvalue weighted by molar-refractivity contribution is 0.112. The zero-order chi connectivity index (χ0) is 9.42. The molecular formula is C9H5ClO2S. The topological polar surface area (TPSA) is 37.3 Å². The average molecular weight is 213 g/mol. The highest BCUT2D eigenvalue weighted by atomic mass is 35.5. The molecule has 66 valence electrons. The minimum atomic E-state index is 0.195. The SMILES string of the molecule is O=Cc1c(Cl)ccc2sc(O)cc12. The third kappa shape index (κ3) is 1.30. The van der Waals surface area contributed by atoms with Crippen molar-refractivity contribution in [3.8, 4) is 5.06 Å². The van der Waals surface area contributed by atoms with E-state index in [0.717, 1.165) is 4.70 Å². The van der Waals surface area contributed by atoms with Crippen LogP contribution in [0.4, 0.5) is 0 Å². The minimum Gasteiger partial charge on any atom is -0.499 e. The molecule has 13 heavy (non-hydrogen) atoms. The van der Waals surface area contributed by atoms with Crippen LogP contribution in [-0.2, 0) is 0 Å². The molecule has 0 bridgehead atoms. The second-order valence-corrected chi connectivity index (χ2v) is 4.04. The van der Waals surface area contributed by atoms with Crippen LogP contribution in [0.25, 0.3) is 10.1 Å². The fourth-order valence-corrected chi connectivity index (χ4v) is 2.24. The number of carbonyl (C=O) groups excluding carboxylic acids is 1. The largest absolute Gasteiger partial charge is 0.499 e. The number of aromatic hydroxyl groups is 1. The molecule has 0 unspecified atom stereocenters. The first-order chi connectivity index (χ1) is 6.22. The van der Waals surface area contributed by atoms with E-state index in [1.807, 2.05) is 0 Å². The standard InChI is InChI=1S/C9H5ClO2S/c10-7-1-2-8-5(6(7)4-11)3-9(12)13-8/h1-4,12H. The summed E-state index contributed by atoms with van der Waals surface area (Å²) in [6.07, 6.45) is 0.705. The van der Waals surface area contributed by atoms with Crippen LogP contribution >= 0.6 is 22.9 Å². The van der Waals surface area contributed by atoms with Gasteiger partial charge in [-0.15, -0.1) is 0 Å². The van der Waals surface area contributed by atoms with Crippen LogP contribution < -0.4 is 0 Å². The number of rotatable bonds is 1. The number of aldehydes is 1. The predicted molar refractivity (Wildman–Crippen MR) is 53.9 cm³/mol. The molecule has 0 amide bonds. The minimum absolute atomic E-state index is 0.195. The molecule has 2 nitrogen and oxygen atoms in total. The van der Waals surface area contributed by atoms with Crippen molar-refractivity contribution >= 4 is 39.3 Å². The number of hydrogen-bond acceptors (Lipinski definition) is 3. The van der Waals surface area contributed by atoms with Gasteiger partial charge >= 0.3 is 0 Å². The number of hydrogen-bond donors (Lipinski definition) is 1. The van der Waals surface area contributed by atoms with Crippen molar-refractivity contribution in [1.29, 1.82) is 0 Å². The lowest BCUT2D eigenvalue weighted by Gasteiger charge is -1.96. The van der Waals surface area contributed by atoms with E-state index in [2.05, 4.69) is 0 Å². The Morgan fingerprint density at radius 2 is 2.23 bits per heavy atom. The van der Waals surface area contributed by atoms with Gasteiger partial charge in [-0.1, -0.05) is 22.9 Å². The average Bonchev–Trinajstić information content (AvgIpc) is 2.45. The molecule has 2 rings (SSSR count). The van der Waals surface area contributed by atoms with E-state index in [0.29, 0.717) is 22.3 Å². The van der Waals surface area contributed by atoms with Crippen LogP contribution in [0.5, 0.6) is 5.06 Å². The highest BCUT2D eigenvalue weighted by molar-refractivity contribution is 7.20. The second-order valence-electron chi connectivity index (χ2n) is 2.58. The molecule has 4 heteroatoms. The normalized spacial score (nSPS) is 10.5.